The largest absolute Gasteiger partial charge is 0.350 e. The number of benzene rings is 2. The summed E-state index contributed by atoms with van der Waals surface area (Å²) in [5.74, 6) is -0.333. The Labute approximate surface area is 165 Å². The van der Waals surface area contributed by atoms with E-state index in [1.165, 1.54) is 17.4 Å². The summed E-state index contributed by atoms with van der Waals surface area (Å²) < 4.78 is 1.03. The van der Waals surface area contributed by atoms with E-state index >= 15 is 0 Å². The highest BCUT2D eigenvalue weighted by atomic mass is 32.1. The summed E-state index contributed by atoms with van der Waals surface area (Å²) in [6.07, 6.45) is 0. The van der Waals surface area contributed by atoms with Crippen LogP contribution in [0.1, 0.15) is 25.0 Å². The smallest absolute Gasteiger partial charge is 0.272 e. The number of aromatic nitrogens is 1. The molecule has 2 N–H and O–H groups in total. The first-order valence-electron chi connectivity index (χ1n) is 8.57. The van der Waals surface area contributed by atoms with Crippen LogP contribution in [0.15, 0.2) is 47.6 Å². The standard InChI is InChI=1S/C19H19N5O3S/c1-11-8-9-14(10-16(11)24(26)27)12(2)22-23-18(25)13(3)20-19-21-15-6-4-5-7-17(15)28-19/h4-10,13H,1-3H3,(H,20,21)(H,23,25)/b22-12-/t13-/m1/s1. The fraction of sp³-hybridized carbons (Fsp3) is 0.211. The molecule has 0 aliphatic heterocycles. The zero-order chi connectivity index (χ0) is 20.3. The Bertz CT molecular complexity index is 1040. The normalized spacial score (nSPS) is 12.6. The molecule has 144 valence electrons. The highest BCUT2D eigenvalue weighted by molar-refractivity contribution is 7.22. The third-order valence-electron chi connectivity index (χ3n) is 4.18. The summed E-state index contributed by atoms with van der Waals surface area (Å²) >= 11 is 1.47. The molecule has 9 heteroatoms. The van der Waals surface area contributed by atoms with E-state index in [2.05, 4.69) is 20.8 Å². The van der Waals surface area contributed by atoms with E-state index in [9.17, 15) is 14.9 Å². The first-order chi connectivity index (χ1) is 13.3. The van der Waals surface area contributed by atoms with Crippen molar-refractivity contribution in [2.24, 2.45) is 5.10 Å². The zero-order valence-electron chi connectivity index (χ0n) is 15.6. The van der Waals surface area contributed by atoms with Gasteiger partial charge in [-0.3, -0.25) is 14.9 Å². The summed E-state index contributed by atoms with van der Waals surface area (Å²) in [4.78, 5) is 27.4. The van der Waals surface area contributed by atoms with E-state index in [1.807, 2.05) is 24.3 Å². The molecule has 1 atom stereocenters. The number of nitro groups is 1. The second kappa shape index (κ2) is 8.13. The van der Waals surface area contributed by atoms with Gasteiger partial charge in [-0.15, -0.1) is 0 Å². The Morgan fingerprint density at radius 2 is 2.04 bits per heavy atom. The number of hydrazone groups is 1. The topological polar surface area (TPSA) is 110 Å². The van der Waals surface area contributed by atoms with Crippen LogP contribution in [0, 0.1) is 17.0 Å². The van der Waals surface area contributed by atoms with Crippen molar-refractivity contribution in [2.75, 3.05) is 5.32 Å². The monoisotopic (exact) mass is 397 g/mol. The van der Waals surface area contributed by atoms with Gasteiger partial charge < -0.3 is 5.32 Å². The Hall–Kier alpha value is -3.33. The van der Waals surface area contributed by atoms with Crippen molar-refractivity contribution in [3.05, 3.63) is 63.7 Å². The Morgan fingerprint density at radius 1 is 1.29 bits per heavy atom. The Morgan fingerprint density at radius 3 is 2.75 bits per heavy atom. The van der Waals surface area contributed by atoms with E-state index in [0.29, 0.717) is 22.0 Å². The lowest BCUT2D eigenvalue weighted by atomic mass is 10.1. The molecule has 0 aliphatic rings. The molecule has 1 heterocycles. The number of nitrogens with one attached hydrogen (secondary N) is 2. The predicted molar refractivity (Wildman–Crippen MR) is 111 cm³/mol. The van der Waals surface area contributed by atoms with Crippen LogP contribution in [0.25, 0.3) is 10.2 Å². The zero-order valence-corrected chi connectivity index (χ0v) is 16.4. The van der Waals surface area contributed by atoms with Crippen LogP contribution in [0.5, 0.6) is 0 Å². The minimum absolute atomic E-state index is 0.0178. The number of hydrogen-bond acceptors (Lipinski definition) is 7. The molecule has 8 nitrogen and oxygen atoms in total. The van der Waals surface area contributed by atoms with Gasteiger partial charge in [0.15, 0.2) is 5.13 Å². The summed E-state index contributed by atoms with van der Waals surface area (Å²) in [5, 5.41) is 18.9. The number of para-hydroxylation sites is 1. The fourth-order valence-corrected chi connectivity index (χ4v) is 3.47. The molecule has 0 bridgehead atoms. The fourth-order valence-electron chi connectivity index (χ4n) is 2.52. The predicted octanol–water partition coefficient (Wildman–Crippen LogP) is 3.85. The second-order valence-electron chi connectivity index (χ2n) is 6.28. The van der Waals surface area contributed by atoms with Crippen LogP contribution in [-0.4, -0.2) is 27.6 Å². The average molecular weight is 397 g/mol. The van der Waals surface area contributed by atoms with Gasteiger partial charge in [0.1, 0.15) is 6.04 Å². The van der Waals surface area contributed by atoms with Crippen molar-refractivity contribution < 1.29 is 9.72 Å². The van der Waals surface area contributed by atoms with Crippen molar-refractivity contribution in [3.63, 3.8) is 0 Å². The molecule has 0 unspecified atom stereocenters. The van der Waals surface area contributed by atoms with Gasteiger partial charge in [-0.1, -0.05) is 35.6 Å². The molecular formula is C19H19N5O3S. The van der Waals surface area contributed by atoms with Crippen LogP contribution in [0.4, 0.5) is 10.8 Å². The van der Waals surface area contributed by atoms with E-state index < -0.39 is 11.0 Å². The van der Waals surface area contributed by atoms with Gasteiger partial charge in [0.05, 0.1) is 20.9 Å². The molecule has 0 aliphatic carbocycles. The number of rotatable bonds is 6. The van der Waals surface area contributed by atoms with Gasteiger partial charge in [-0.25, -0.2) is 10.4 Å². The van der Waals surface area contributed by atoms with Crippen LogP contribution < -0.4 is 10.7 Å². The molecule has 2 aromatic carbocycles. The maximum Gasteiger partial charge on any atom is 0.272 e. The lowest BCUT2D eigenvalue weighted by molar-refractivity contribution is -0.385. The highest BCUT2D eigenvalue weighted by Gasteiger charge is 2.15. The number of aryl methyl sites for hydroxylation is 1. The van der Waals surface area contributed by atoms with Crippen LogP contribution in [-0.2, 0) is 4.79 Å². The van der Waals surface area contributed by atoms with E-state index in [1.54, 1.807) is 32.9 Å². The lowest BCUT2D eigenvalue weighted by Crippen LogP contribution is -2.35. The van der Waals surface area contributed by atoms with E-state index in [4.69, 9.17) is 0 Å². The molecule has 3 rings (SSSR count). The average Bonchev–Trinajstić information content (AvgIpc) is 3.08. The van der Waals surface area contributed by atoms with Crippen molar-refractivity contribution in [1.29, 1.82) is 0 Å². The first-order valence-corrected chi connectivity index (χ1v) is 9.38. The number of carbonyl (C=O) groups is 1. The van der Waals surface area contributed by atoms with Gasteiger partial charge >= 0.3 is 0 Å². The number of hydrogen-bond donors (Lipinski definition) is 2. The van der Waals surface area contributed by atoms with Crippen LogP contribution >= 0.6 is 11.3 Å². The van der Waals surface area contributed by atoms with E-state index in [0.717, 1.165) is 10.2 Å². The highest BCUT2D eigenvalue weighted by Crippen LogP contribution is 2.25. The minimum atomic E-state index is -0.551. The molecule has 3 aromatic rings. The van der Waals surface area contributed by atoms with Gasteiger partial charge in [0, 0.05) is 17.2 Å². The number of amides is 1. The Kier molecular flexibility index (Phi) is 5.65. The molecule has 0 radical (unpaired) electrons. The van der Waals surface area contributed by atoms with Gasteiger partial charge in [0.25, 0.3) is 11.6 Å². The minimum Gasteiger partial charge on any atom is -0.350 e. The van der Waals surface area contributed by atoms with Crippen molar-refractivity contribution in [3.8, 4) is 0 Å². The molecule has 28 heavy (non-hydrogen) atoms. The number of carbonyl (C=O) groups excluding carboxylic acids is 1. The summed E-state index contributed by atoms with van der Waals surface area (Å²) in [7, 11) is 0. The van der Waals surface area contributed by atoms with Crippen molar-refractivity contribution in [2.45, 2.75) is 26.8 Å². The lowest BCUT2D eigenvalue weighted by Gasteiger charge is -2.11. The molecule has 0 saturated heterocycles. The number of fused-ring (bicyclic) bond motifs is 1. The molecule has 0 saturated carbocycles. The third kappa shape index (κ3) is 4.32. The summed E-state index contributed by atoms with van der Waals surface area (Å²) in [6.45, 7) is 5.06. The summed E-state index contributed by atoms with van der Waals surface area (Å²) in [6, 6.07) is 12.0. The molecular weight excluding hydrogens is 378 g/mol. The number of nitro benzene ring substituents is 1. The van der Waals surface area contributed by atoms with E-state index in [-0.39, 0.29) is 11.6 Å². The number of anilines is 1. The first kappa shape index (κ1) is 19.4. The summed E-state index contributed by atoms with van der Waals surface area (Å²) in [5.41, 5.74) is 5.00. The third-order valence-corrected chi connectivity index (χ3v) is 5.15. The second-order valence-corrected chi connectivity index (χ2v) is 7.32. The number of nitrogens with zero attached hydrogens (tertiary/aromatic N) is 3. The van der Waals surface area contributed by atoms with Crippen molar-refractivity contribution in [1.82, 2.24) is 10.4 Å². The molecule has 0 spiro atoms. The van der Waals surface area contributed by atoms with Gasteiger partial charge in [-0.05, 0) is 32.9 Å². The van der Waals surface area contributed by atoms with Gasteiger partial charge in [0.2, 0.25) is 0 Å². The molecule has 1 aromatic heterocycles. The van der Waals surface area contributed by atoms with Crippen LogP contribution in [0.2, 0.25) is 0 Å². The van der Waals surface area contributed by atoms with Gasteiger partial charge in [-0.2, -0.15) is 5.10 Å². The maximum atomic E-state index is 12.3. The maximum absolute atomic E-state index is 12.3. The van der Waals surface area contributed by atoms with Crippen molar-refractivity contribution >= 4 is 44.0 Å². The SMILES string of the molecule is C/C(=N/NC(=O)[C@@H](C)Nc1nc2ccccc2s1)c1ccc(C)c([N+](=O)[O-])c1. The van der Waals surface area contributed by atoms with Crippen LogP contribution in [0.3, 0.4) is 0 Å². The molecule has 0 fully saturated rings. The molecule has 1 amide bonds. The number of thiazole rings is 1. The Balaban J connectivity index is 1.66. The quantitative estimate of drug-likeness (QED) is 0.373.